The Labute approximate surface area is 193 Å². The van der Waals surface area contributed by atoms with Crippen LogP contribution in [0.5, 0.6) is 0 Å². The van der Waals surface area contributed by atoms with E-state index in [1.807, 2.05) is 44.4 Å². The van der Waals surface area contributed by atoms with Crippen LogP contribution < -0.4 is 15.5 Å². The molecule has 2 amide bonds. The predicted molar refractivity (Wildman–Crippen MR) is 129 cm³/mol. The van der Waals surface area contributed by atoms with Gasteiger partial charge >= 0.3 is 0 Å². The number of pyridine rings is 1. The number of hydrogen-bond acceptors (Lipinski definition) is 6. The first-order chi connectivity index (χ1) is 16.0. The third-order valence-corrected chi connectivity index (χ3v) is 6.32. The van der Waals surface area contributed by atoms with Gasteiger partial charge < -0.3 is 15.5 Å². The van der Waals surface area contributed by atoms with Gasteiger partial charge in [-0.3, -0.25) is 14.6 Å². The first-order valence-electron chi connectivity index (χ1n) is 11.4. The van der Waals surface area contributed by atoms with Crippen molar-refractivity contribution in [2.24, 2.45) is 5.92 Å². The Hall–Kier alpha value is -3.55. The summed E-state index contributed by atoms with van der Waals surface area (Å²) in [6, 6.07) is 9.73. The molecule has 0 atom stereocenters. The molecule has 2 N–H and O–H groups in total. The normalized spacial score (nSPS) is 18.0. The molecule has 8 nitrogen and oxygen atoms in total. The van der Waals surface area contributed by atoms with Crippen LogP contribution in [0.1, 0.15) is 58.0 Å². The SMILES string of the molecule is CNC(=O)c1cc(C2CCC(CNC(=O)c3cnc(N(C)C)nc3)CC2)nc2ccccc12. The molecule has 0 radical (unpaired) electrons. The summed E-state index contributed by atoms with van der Waals surface area (Å²) in [4.78, 5) is 40.0. The van der Waals surface area contributed by atoms with E-state index in [-0.39, 0.29) is 11.8 Å². The Morgan fingerprint density at radius 1 is 1.03 bits per heavy atom. The quantitative estimate of drug-likeness (QED) is 0.603. The van der Waals surface area contributed by atoms with E-state index in [0.29, 0.717) is 35.5 Å². The highest BCUT2D eigenvalue weighted by atomic mass is 16.2. The van der Waals surface area contributed by atoms with Crippen LogP contribution in [0.3, 0.4) is 0 Å². The van der Waals surface area contributed by atoms with Gasteiger partial charge in [0.05, 0.1) is 16.6 Å². The summed E-state index contributed by atoms with van der Waals surface area (Å²) in [6.45, 7) is 0.635. The van der Waals surface area contributed by atoms with Crippen molar-refractivity contribution < 1.29 is 9.59 Å². The zero-order valence-electron chi connectivity index (χ0n) is 19.3. The molecular weight excluding hydrogens is 416 g/mol. The van der Waals surface area contributed by atoms with E-state index in [1.165, 1.54) is 0 Å². The van der Waals surface area contributed by atoms with Gasteiger partial charge in [0.1, 0.15) is 0 Å². The van der Waals surface area contributed by atoms with E-state index in [2.05, 4.69) is 20.6 Å². The average Bonchev–Trinajstić information content (AvgIpc) is 2.86. The smallest absolute Gasteiger partial charge is 0.254 e. The van der Waals surface area contributed by atoms with Crippen molar-refractivity contribution in [1.82, 2.24) is 25.6 Å². The molecule has 4 rings (SSSR count). The Bertz CT molecular complexity index is 1140. The lowest BCUT2D eigenvalue weighted by Gasteiger charge is -2.28. The molecule has 1 saturated carbocycles. The number of rotatable bonds is 6. The lowest BCUT2D eigenvalue weighted by molar-refractivity contribution is 0.0940. The topological polar surface area (TPSA) is 100 Å². The molecule has 8 heteroatoms. The Balaban J connectivity index is 1.36. The monoisotopic (exact) mass is 446 g/mol. The van der Waals surface area contributed by atoms with E-state index >= 15 is 0 Å². The van der Waals surface area contributed by atoms with Crippen molar-refractivity contribution in [2.75, 3.05) is 32.6 Å². The van der Waals surface area contributed by atoms with Crippen LogP contribution in [0.15, 0.2) is 42.7 Å². The lowest BCUT2D eigenvalue weighted by Crippen LogP contribution is -2.31. The third kappa shape index (κ3) is 5.10. The Morgan fingerprint density at radius 3 is 2.39 bits per heavy atom. The molecule has 1 fully saturated rings. The second kappa shape index (κ2) is 9.94. The number of hydrogen-bond donors (Lipinski definition) is 2. The van der Waals surface area contributed by atoms with E-state index in [1.54, 1.807) is 24.3 Å². The van der Waals surface area contributed by atoms with Crippen LogP contribution >= 0.6 is 0 Å². The zero-order chi connectivity index (χ0) is 23.4. The summed E-state index contributed by atoms with van der Waals surface area (Å²) in [5.41, 5.74) is 2.98. The van der Waals surface area contributed by atoms with Gasteiger partial charge in [-0.15, -0.1) is 0 Å². The number of nitrogens with one attached hydrogen (secondary N) is 2. The first kappa shape index (κ1) is 22.6. The minimum absolute atomic E-state index is 0.0890. The summed E-state index contributed by atoms with van der Waals surface area (Å²) >= 11 is 0. The van der Waals surface area contributed by atoms with Crippen LogP contribution in [-0.4, -0.2) is 54.5 Å². The van der Waals surface area contributed by atoms with Gasteiger partial charge in [0, 0.05) is 57.1 Å². The second-order valence-corrected chi connectivity index (χ2v) is 8.78. The predicted octanol–water partition coefficient (Wildman–Crippen LogP) is 3.15. The molecule has 2 heterocycles. The van der Waals surface area contributed by atoms with Crippen molar-refractivity contribution in [3.05, 3.63) is 59.5 Å². The highest BCUT2D eigenvalue weighted by Crippen LogP contribution is 2.36. The summed E-state index contributed by atoms with van der Waals surface area (Å²) in [6.07, 6.45) is 7.10. The highest BCUT2D eigenvalue weighted by molar-refractivity contribution is 6.06. The molecule has 0 spiro atoms. The van der Waals surface area contributed by atoms with Crippen molar-refractivity contribution >= 4 is 28.7 Å². The summed E-state index contributed by atoms with van der Waals surface area (Å²) in [7, 11) is 5.37. The molecule has 2 aromatic heterocycles. The Morgan fingerprint density at radius 2 is 1.73 bits per heavy atom. The Kier molecular flexibility index (Phi) is 6.82. The number of nitrogens with zero attached hydrogens (tertiary/aromatic N) is 4. The van der Waals surface area contributed by atoms with Crippen molar-refractivity contribution in [3.8, 4) is 0 Å². The largest absolute Gasteiger partial charge is 0.355 e. The van der Waals surface area contributed by atoms with Gasteiger partial charge in [0.2, 0.25) is 5.95 Å². The van der Waals surface area contributed by atoms with Crippen LogP contribution in [0.2, 0.25) is 0 Å². The van der Waals surface area contributed by atoms with Crippen LogP contribution in [0.4, 0.5) is 5.95 Å². The lowest BCUT2D eigenvalue weighted by atomic mass is 9.80. The molecule has 1 aliphatic rings. The van der Waals surface area contributed by atoms with Crippen LogP contribution in [0.25, 0.3) is 10.9 Å². The van der Waals surface area contributed by atoms with Crippen molar-refractivity contribution in [1.29, 1.82) is 0 Å². The van der Waals surface area contributed by atoms with Crippen molar-refractivity contribution in [3.63, 3.8) is 0 Å². The van der Waals surface area contributed by atoms with Gasteiger partial charge in [-0.1, -0.05) is 18.2 Å². The minimum atomic E-state index is -0.145. The number of para-hydroxylation sites is 1. The fraction of sp³-hybridized carbons (Fsp3) is 0.400. The average molecular weight is 447 g/mol. The zero-order valence-corrected chi connectivity index (χ0v) is 19.3. The van der Waals surface area contributed by atoms with E-state index in [4.69, 9.17) is 4.98 Å². The molecule has 1 aliphatic carbocycles. The number of amides is 2. The van der Waals surface area contributed by atoms with Gasteiger partial charge in [0.15, 0.2) is 0 Å². The third-order valence-electron chi connectivity index (χ3n) is 6.32. The standard InChI is InChI=1S/C25H30N6O2/c1-26-24(33)20-12-22(30-21-7-5-4-6-19(20)21)17-10-8-16(9-11-17)13-27-23(32)18-14-28-25(29-15-18)31(2)3/h4-7,12,14-17H,8-11,13H2,1-3H3,(H,26,33)(H,27,32). The van der Waals surface area contributed by atoms with Crippen molar-refractivity contribution in [2.45, 2.75) is 31.6 Å². The molecular formula is C25H30N6O2. The number of fused-ring (bicyclic) bond motifs is 1. The second-order valence-electron chi connectivity index (χ2n) is 8.78. The van der Waals surface area contributed by atoms with Crippen LogP contribution in [0, 0.1) is 5.92 Å². The number of benzene rings is 1. The summed E-state index contributed by atoms with van der Waals surface area (Å²) in [5.74, 6) is 1.08. The fourth-order valence-corrected chi connectivity index (χ4v) is 4.40. The molecule has 172 valence electrons. The van der Waals surface area contributed by atoms with Gasteiger partial charge in [0.25, 0.3) is 11.8 Å². The van der Waals surface area contributed by atoms with Gasteiger partial charge in [-0.25, -0.2) is 9.97 Å². The first-order valence-corrected chi connectivity index (χ1v) is 11.4. The van der Waals surface area contributed by atoms with E-state index in [0.717, 1.165) is 42.3 Å². The highest BCUT2D eigenvalue weighted by Gasteiger charge is 2.25. The van der Waals surface area contributed by atoms with E-state index < -0.39 is 0 Å². The number of carbonyl (C=O) groups excluding carboxylic acids is 2. The molecule has 3 aromatic rings. The summed E-state index contributed by atoms with van der Waals surface area (Å²) in [5, 5.41) is 6.64. The molecule has 1 aromatic carbocycles. The fourth-order valence-electron chi connectivity index (χ4n) is 4.40. The molecule has 0 bridgehead atoms. The maximum Gasteiger partial charge on any atom is 0.254 e. The molecule has 33 heavy (non-hydrogen) atoms. The van der Waals surface area contributed by atoms with Gasteiger partial charge in [-0.05, 0) is 43.7 Å². The summed E-state index contributed by atoms with van der Waals surface area (Å²) < 4.78 is 0. The number of aromatic nitrogens is 3. The molecule has 0 unspecified atom stereocenters. The maximum atomic E-state index is 12.5. The van der Waals surface area contributed by atoms with E-state index in [9.17, 15) is 9.59 Å². The molecule has 0 aliphatic heterocycles. The maximum absolute atomic E-state index is 12.5. The van der Waals surface area contributed by atoms with Crippen LogP contribution in [-0.2, 0) is 0 Å². The van der Waals surface area contributed by atoms with Gasteiger partial charge in [-0.2, -0.15) is 0 Å². The minimum Gasteiger partial charge on any atom is -0.355 e. The number of carbonyl (C=O) groups is 2. The number of anilines is 1. The molecule has 0 saturated heterocycles.